The second-order valence-electron chi connectivity index (χ2n) is 6.66. The summed E-state index contributed by atoms with van der Waals surface area (Å²) >= 11 is 0. The van der Waals surface area contributed by atoms with E-state index in [2.05, 4.69) is 97.7 Å². The Hall–Kier alpha value is -2.13. The van der Waals surface area contributed by atoms with Crippen molar-refractivity contribution in [3.63, 3.8) is 0 Å². The van der Waals surface area contributed by atoms with Gasteiger partial charge in [-0.25, -0.2) is 0 Å². The summed E-state index contributed by atoms with van der Waals surface area (Å²) in [5.74, 6) is 2.33. The third-order valence-electron chi connectivity index (χ3n) is 5.60. The molecule has 25 heavy (non-hydrogen) atoms. The Morgan fingerprint density at radius 3 is 1.44 bits per heavy atom. The van der Waals surface area contributed by atoms with Crippen LogP contribution in [0, 0.1) is 0 Å². The van der Waals surface area contributed by atoms with Crippen LogP contribution in [0.4, 0.5) is 0 Å². The summed E-state index contributed by atoms with van der Waals surface area (Å²) in [6.45, 7) is 4.71. The zero-order chi connectivity index (χ0) is 17.6. The Balaban J connectivity index is 2.03. The summed E-state index contributed by atoms with van der Waals surface area (Å²) in [5, 5.41) is 5.67. The topological polar surface area (TPSA) is 9.86 Å². The molecule has 0 atom stereocenters. The summed E-state index contributed by atoms with van der Waals surface area (Å²) in [5.41, 5.74) is 2.66. The number of nitrogens with zero attached hydrogens (tertiary/aromatic N) is 2. The molecule has 0 amide bonds. The maximum atomic E-state index is 2.43. The predicted octanol–water partition coefficient (Wildman–Crippen LogP) is 5.93. The first-order valence-corrected chi connectivity index (χ1v) is 11.0. The van der Waals surface area contributed by atoms with Crippen molar-refractivity contribution in [1.82, 2.24) is 9.13 Å². The quantitative estimate of drug-likeness (QED) is 0.431. The SMILES string of the molecule is CCS(CC)(c1cc2ccccc2n1C)c1cc2ccccc2n1C. The van der Waals surface area contributed by atoms with Gasteiger partial charge in [-0.3, -0.25) is 0 Å². The van der Waals surface area contributed by atoms with Gasteiger partial charge in [-0.2, -0.15) is 10.0 Å². The van der Waals surface area contributed by atoms with Crippen molar-refractivity contribution < 1.29 is 0 Å². The molecule has 130 valence electrons. The average Bonchev–Trinajstić information content (AvgIpc) is 3.17. The first kappa shape index (κ1) is 16.3. The van der Waals surface area contributed by atoms with Gasteiger partial charge in [0, 0.05) is 35.9 Å². The van der Waals surface area contributed by atoms with Gasteiger partial charge in [-0.15, -0.1) is 0 Å². The normalized spacial score (nSPS) is 13.0. The van der Waals surface area contributed by atoms with Crippen LogP contribution in [-0.4, -0.2) is 20.6 Å². The van der Waals surface area contributed by atoms with Crippen molar-refractivity contribution in [3.05, 3.63) is 60.7 Å². The molecular weight excluding hydrogens is 324 g/mol. The average molecular weight is 351 g/mol. The van der Waals surface area contributed by atoms with Crippen LogP contribution in [0.25, 0.3) is 21.8 Å². The van der Waals surface area contributed by atoms with Crippen LogP contribution in [0.1, 0.15) is 13.8 Å². The minimum Gasteiger partial charge on any atom is -0.340 e. The molecule has 0 unspecified atom stereocenters. The van der Waals surface area contributed by atoms with E-state index in [1.165, 1.54) is 31.9 Å². The summed E-state index contributed by atoms with van der Waals surface area (Å²) < 4.78 is 4.85. The molecule has 0 saturated carbocycles. The highest BCUT2D eigenvalue weighted by Gasteiger charge is 2.31. The van der Waals surface area contributed by atoms with Gasteiger partial charge in [0.1, 0.15) is 0 Å². The van der Waals surface area contributed by atoms with Crippen molar-refractivity contribution in [1.29, 1.82) is 0 Å². The van der Waals surface area contributed by atoms with E-state index in [4.69, 9.17) is 0 Å². The molecule has 0 aliphatic heterocycles. The van der Waals surface area contributed by atoms with Crippen molar-refractivity contribution in [2.24, 2.45) is 14.1 Å². The Morgan fingerprint density at radius 1 is 0.680 bits per heavy atom. The van der Waals surface area contributed by atoms with Crippen LogP contribution in [0.15, 0.2) is 70.7 Å². The van der Waals surface area contributed by atoms with Crippen LogP contribution in [0.2, 0.25) is 0 Å². The van der Waals surface area contributed by atoms with Gasteiger partial charge in [0.15, 0.2) is 0 Å². The zero-order valence-corrected chi connectivity index (χ0v) is 16.3. The molecule has 2 aromatic heterocycles. The molecule has 0 radical (unpaired) electrons. The molecule has 2 heterocycles. The predicted molar refractivity (Wildman–Crippen MR) is 111 cm³/mol. The van der Waals surface area contributed by atoms with E-state index in [1.54, 1.807) is 0 Å². The molecule has 3 heteroatoms. The van der Waals surface area contributed by atoms with Crippen molar-refractivity contribution in [3.8, 4) is 0 Å². The summed E-state index contributed by atoms with van der Waals surface area (Å²) in [7, 11) is 3.37. The maximum absolute atomic E-state index is 2.43. The second-order valence-corrected chi connectivity index (χ2v) is 10.4. The minimum atomic E-state index is -1.09. The molecule has 0 aliphatic rings. The molecule has 0 bridgehead atoms. The second kappa shape index (κ2) is 5.99. The molecule has 0 spiro atoms. The van der Waals surface area contributed by atoms with Crippen LogP contribution in [0.5, 0.6) is 0 Å². The van der Waals surface area contributed by atoms with Crippen LogP contribution in [0.3, 0.4) is 0 Å². The zero-order valence-electron chi connectivity index (χ0n) is 15.5. The Bertz CT molecular complexity index is 968. The Labute approximate surface area is 151 Å². The van der Waals surface area contributed by atoms with Gasteiger partial charge in [0.25, 0.3) is 0 Å². The number of aromatic nitrogens is 2. The molecule has 2 nitrogen and oxygen atoms in total. The highest BCUT2D eigenvalue weighted by molar-refractivity contribution is 8.33. The van der Waals surface area contributed by atoms with Crippen LogP contribution < -0.4 is 0 Å². The fourth-order valence-corrected chi connectivity index (χ4v) is 7.94. The van der Waals surface area contributed by atoms with Crippen LogP contribution in [-0.2, 0) is 14.1 Å². The fourth-order valence-electron chi connectivity index (χ4n) is 4.18. The Kier molecular flexibility index (Phi) is 3.92. The number of para-hydroxylation sites is 2. The lowest BCUT2D eigenvalue weighted by molar-refractivity contribution is 0.819. The largest absolute Gasteiger partial charge is 0.340 e. The van der Waals surface area contributed by atoms with E-state index in [0.29, 0.717) is 0 Å². The van der Waals surface area contributed by atoms with Gasteiger partial charge in [-0.1, -0.05) is 50.2 Å². The Morgan fingerprint density at radius 2 is 1.08 bits per heavy atom. The molecule has 2 aromatic carbocycles. The number of fused-ring (bicyclic) bond motifs is 2. The van der Waals surface area contributed by atoms with E-state index >= 15 is 0 Å². The lowest BCUT2D eigenvalue weighted by atomic mass is 10.2. The van der Waals surface area contributed by atoms with E-state index in [1.807, 2.05) is 0 Å². The highest BCUT2D eigenvalue weighted by Crippen LogP contribution is 2.63. The standard InChI is InChI=1S/C22H26N2S/c1-5-25(6-2,21-15-17-11-7-9-13-19(17)23(21)3)22-16-18-12-8-10-14-20(18)24(22)4/h7-16H,5-6H2,1-4H3. The number of benzene rings is 2. The third-order valence-corrected chi connectivity index (χ3v) is 9.96. The fraction of sp³-hybridized carbons (Fsp3) is 0.273. The van der Waals surface area contributed by atoms with E-state index in [-0.39, 0.29) is 0 Å². The molecular formula is C22H26N2S. The van der Waals surface area contributed by atoms with E-state index < -0.39 is 10.0 Å². The van der Waals surface area contributed by atoms with Gasteiger partial charge in [0.2, 0.25) is 0 Å². The minimum absolute atomic E-state index is 1.09. The summed E-state index contributed by atoms with van der Waals surface area (Å²) in [6, 6.07) is 22.3. The molecule has 0 saturated heterocycles. The molecule has 0 fully saturated rings. The molecule has 4 rings (SSSR count). The first-order chi connectivity index (χ1) is 12.1. The van der Waals surface area contributed by atoms with Crippen molar-refractivity contribution in [2.45, 2.75) is 23.9 Å². The van der Waals surface area contributed by atoms with Crippen molar-refractivity contribution >= 4 is 31.8 Å². The lowest BCUT2D eigenvalue weighted by Crippen LogP contribution is -2.14. The smallest absolute Gasteiger partial charge is 0.0636 e. The molecule has 4 aromatic rings. The number of hydrogen-bond acceptors (Lipinski definition) is 0. The van der Waals surface area contributed by atoms with Gasteiger partial charge in [-0.05, 0) is 35.8 Å². The molecule has 0 N–H and O–H groups in total. The van der Waals surface area contributed by atoms with Crippen LogP contribution >= 0.6 is 10.0 Å². The van der Waals surface area contributed by atoms with E-state index in [9.17, 15) is 0 Å². The van der Waals surface area contributed by atoms with Crippen molar-refractivity contribution in [2.75, 3.05) is 11.5 Å². The summed E-state index contributed by atoms with van der Waals surface area (Å²) in [4.78, 5) is 0. The summed E-state index contributed by atoms with van der Waals surface area (Å²) in [6.07, 6.45) is 0. The number of aryl methyl sites for hydroxylation is 2. The van der Waals surface area contributed by atoms with Gasteiger partial charge >= 0.3 is 0 Å². The highest BCUT2D eigenvalue weighted by atomic mass is 32.3. The lowest BCUT2D eigenvalue weighted by Gasteiger charge is -2.39. The number of rotatable bonds is 4. The number of hydrogen-bond donors (Lipinski definition) is 0. The molecule has 0 aliphatic carbocycles. The van der Waals surface area contributed by atoms with E-state index in [0.717, 1.165) is 11.5 Å². The third kappa shape index (κ3) is 2.26. The first-order valence-electron chi connectivity index (χ1n) is 9.00. The van der Waals surface area contributed by atoms with Gasteiger partial charge in [0.05, 0.1) is 10.1 Å². The monoisotopic (exact) mass is 350 g/mol. The van der Waals surface area contributed by atoms with Gasteiger partial charge < -0.3 is 9.13 Å². The maximum Gasteiger partial charge on any atom is 0.0636 e.